The van der Waals surface area contributed by atoms with Crippen LogP contribution in [0.5, 0.6) is 0 Å². The lowest BCUT2D eigenvalue weighted by Gasteiger charge is -2.71. The number of carbonyl (C=O) groups excluding carboxylic acids is 1. The van der Waals surface area contributed by atoms with Crippen molar-refractivity contribution in [1.82, 2.24) is 0 Å². The van der Waals surface area contributed by atoms with E-state index in [1.807, 2.05) is 6.92 Å². The molecule has 0 aromatic rings. The van der Waals surface area contributed by atoms with E-state index in [2.05, 4.69) is 74.6 Å². The maximum absolute atomic E-state index is 13.6. The second kappa shape index (κ2) is 10.2. The highest BCUT2D eigenvalue weighted by Gasteiger charge is 2.71. The summed E-state index contributed by atoms with van der Waals surface area (Å²) in [7, 11) is -0.578. The molecule has 0 amide bonds. The first-order valence-electron chi connectivity index (χ1n) is 17.4. The Bertz CT molecular complexity index is 1190. The molecule has 0 aromatic carbocycles. The van der Waals surface area contributed by atoms with Gasteiger partial charge in [-0.1, -0.05) is 67.0 Å². The molecule has 5 nitrogen and oxygen atoms in total. The number of carboxylic acid groups (broad SMARTS) is 1. The molecule has 5 aliphatic carbocycles. The second-order valence-electron chi connectivity index (χ2n) is 18.3. The minimum absolute atomic E-state index is 0.000532. The van der Waals surface area contributed by atoms with Crippen LogP contribution in [0.15, 0.2) is 11.6 Å². The van der Waals surface area contributed by atoms with Crippen molar-refractivity contribution in [3.8, 4) is 0 Å². The predicted molar refractivity (Wildman–Crippen MR) is 175 cm³/mol. The topological polar surface area (TPSA) is 72.8 Å². The molecule has 0 radical (unpaired) electrons. The van der Waals surface area contributed by atoms with Gasteiger partial charge in [-0.15, -0.1) is 0 Å². The lowest BCUT2D eigenvalue weighted by Crippen LogP contribution is -2.67. The summed E-state index contributed by atoms with van der Waals surface area (Å²) in [6.07, 6.45) is 11.0. The van der Waals surface area contributed by atoms with Crippen LogP contribution < -0.4 is 0 Å². The van der Waals surface area contributed by atoms with Gasteiger partial charge >= 0.3 is 11.9 Å². The fourth-order valence-corrected chi connectivity index (χ4v) is 13.1. The van der Waals surface area contributed by atoms with Crippen molar-refractivity contribution in [2.45, 2.75) is 144 Å². The Hall–Kier alpha value is -1.14. The Morgan fingerprint density at radius 1 is 0.930 bits per heavy atom. The zero-order chi connectivity index (χ0) is 32.2. The zero-order valence-corrected chi connectivity index (χ0v) is 30.5. The number of carbonyl (C=O) groups is 2. The van der Waals surface area contributed by atoms with E-state index >= 15 is 0 Å². The molecule has 0 unspecified atom stereocenters. The van der Waals surface area contributed by atoms with E-state index in [4.69, 9.17) is 9.16 Å². The first kappa shape index (κ1) is 33.2. The van der Waals surface area contributed by atoms with Gasteiger partial charge < -0.3 is 14.3 Å². The maximum atomic E-state index is 13.6. The fourth-order valence-electron chi connectivity index (χ4n) is 11.7. The van der Waals surface area contributed by atoms with Crippen LogP contribution in [0.25, 0.3) is 0 Å². The van der Waals surface area contributed by atoms with E-state index in [9.17, 15) is 14.7 Å². The third kappa shape index (κ3) is 4.29. The molecule has 11 atom stereocenters. The highest BCUT2D eigenvalue weighted by Crippen LogP contribution is 2.76. The average molecular weight is 615 g/mol. The fraction of sp³-hybridized carbons (Fsp3) is 0.892. The van der Waals surface area contributed by atoms with Crippen LogP contribution in [0, 0.1) is 56.7 Å². The summed E-state index contributed by atoms with van der Waals surface area (Å²) in [6.45, 7) is 25.6. The van der Waals surface area contributed by atoms with Crippen LogP contribution in [0.1, 0.15) is 120 Å². The molecular weight excluding hydrogens is 552 g/mol. The molecule has 5 rings (SSSR count). The first-order chi connectivity index (χ1) is 19.7. The smallest absolute Gasteiger partial charge is 0.312 e. The molecule has 0 bridgehead atoms. The summed E-state index contributed by atoms with van der Waals surface area (Å²) < 4.78 is 12.6. The van der Waals surface area contributed by atoms with Crippen molar-refractivity contribution in [3.63, 3.8) is 0 Å². The van der Waals surface area contributed by atoms with Gasteiger partial charge in [-0.25, -0.2) is 0 Å². The van der Waals surface area contributed by atoms with Gasteiger partial charge in [0.15, 0.2) is 8.32 Å². The van der Waals surface area contributed by atoms with Crippen LogP contribution in [0.4, 0.5) is 0 Å². The second-order valence-corrected chi connectivity index (χ2v) is 23.0. The number of hydrogen-bond donors (Lipinski definition) is 1. The molecule has 4 fully saturated rings. The van der Waals surface area contributed by atoms with E-state index in [1.54, 1.807) is 7.11 Å². The van der Waals surface area contributed by atoms with Crippen molar-refractivity contribution in [3.05, 3.63) is 11.6 Å². The Morgan fingerprint density at radius 2 is 1.58 bits per heavy atom. The number of rotatable bonds is 4. The van der Waals surface area contributed by atoms with E-state index in [0.717, 1.165) is 57.8 Å². The van der Waals surface area contributed by atoms with E-state index < -0.39 is 25.1 Å². The molecule has 6 heteroatoms. The summed E-state index contributed by atoms with van der Waals surface area (Å²) in [5, 5.41) is 11.0. The van der Waals surface area contributed by atoms with Crippen LogP contribution in [-0.4, -0.2) is 38.6 Å². The Morgan fingerprint density at radius 3 is 2.16 bits per heavy atom. The standard InChI is InChI=1S/C37H62O5Si/c1-23-15-20-37(31(40)41-10)22-21-34(7)25(29(37)24(23)2)13-14-26-33(6)18-17-28(42-43(11,12)32(3,4)5)36(9,30(38)39)27(33)16-19-35(26,34)8/h13,23-24,26-29H,14-22H2,1-12H3,(H,38,39)/t23-,24+,26-,27-,28-,29+,33-,34-,35-,36+,37+/m1/s1. The zero-order valence-electron chi connectivity index (χ0n) is 29.5. The average Bonchev–Trinajstić information content (AvgIpc) is 2.91. The SMILES string of the molecule is COC(=O)[C@]12CC[C@@H](C)[C@H](C)[C@H]1C1=CC[C@@H]3[C@@]4(C)CC[C@@H](O[Si](C)(C)C(C)(C)C)[C@@](C)(C(=O)O)[C@@H]4CC[C@@]3(C)[C@]1(C)CC2. The first-order valence-corrected chi connectivity index (χ1v) is 20.3. The van der Waals surface area contributed by atoms with Gasteiger partial charge in [-0.3, -0.25) is 9.59 Å². The number of ether oxygens (including phenoxy) is 1. The van der Waals surface area contributed by atoms with Crippen LogP contribution in [0.3, 0.4) is 0 Å². The summed E-state index contributed by atoms with van der Waals surface area (Å²) >= 11 is 0. The molecule has 43 heavy (non-hydrogen) atoms. The number of hydrogen-bond acceptors (Lipinski definition) is 4. The van der Waals surface area contributed by atoms with Crippen LogP contribution in [-0.2, 0) is 18.8 Å². The molecule has 0 heterocycles. The van der Waals surface area contributed by atoms with Gasteiger partial charge in [0.2, 0.25) is 0 Å². The lowest BCUT2D eigenvalue weighted by atomic mass is 9.33. The Balaban J connectivity index is 1.56. The number of methoxy groups -OCH3 is 1. The van der Waals surface area contributed by atoms with Crippen molar-refractivity contribution >= 4 is 20.3 Å². The van der Waals surface area contributed by atoms with E-state index in [-0.39, 0.29) is 45.2 Å². The minimum Gasteiger partial charge on any atom is -0.481 e. The normalized spacial score (nSPS) is 48.1. The Kier molecular flexibility index (Phi) is 7.86. The highest BCUT2D eigenvalue weighted by atomic mass is 28.4. The van der Waals surface area contributed by atoms with Gasteiger partial charge in [0.1, 0.15) is 0 Å². The predicted octanol–water partition coefficient (Wildman–Crippen LogP) is 9.27. The highest BCUT2D eigenvalue weighted by molar-refractivity contribution is 6.74. The summed E-state index contributed by atoms with van der Waals surface area (Å²) in [5.41, 5.74) is 0.176. The molecular formula is C37H62O5Si. The van der Waals surface area contributed by atoms with Gasteiger partial charge in [0.05, 0.1) is 24.0 Å². The minimum atomic E-state index is -2.15. The molecule has 4 saturated carbocycles. The van der Waals surface area contributed by atoms with Gasteiger partial charge in [0, 0.05) is 0 Å². The van der Waals surface area contributed by atoms with Gasteiger partial charge in [0.25, 0.3) is 0 Å². The third-order valence-electron chi connectivity index (χ3n) is 15.9. The number of fused-ring (bicyclic) bond motifs is 7. The molecule has 0 aromatic heterocycles. The summed E-state index contributed by atoms with van der Waals surface area (Å²) in [5.74, 6) is 1.04. The third-order valence-corrected chi connectivity index (χ3v) is 20.4. The van der Waals surface area contributed by atoms with Crippen LogP contribution in [0.2, 0.25) is 18.1 Å². The van der Waals surface area contributed by atoms with E-state index in [0.29, 0.717) is 17.8 Å². The Labute approximate surface area is 263 Å². The van der Waals surface area contributed by atoms with Crippen molar-refractivity contribution in [2.75, 3.05) is 7.11 Å². The lowest BCUT2D eigenvalue weighted by molar-refractivity contribution is -0.216. The number of esters is 1. The van der Waals surface area contributed by atoms with Crippen molar-refractivity contribution in [1.29, 1.82) is 0 Å². The summed E-state index contributed by atoms with van der Waals surface area (Å²) in [6, 6.07) is 0. The largest absolute Gasteiger partial charge is 0.481 e. The quantitative estimate of drug-likeness (QED) is 0.194. The molecule has 0 saturated heterocycles. The van der Waals surface area contributed by atoms with E-state index in [1.165, 1.54) is 5.57 Å². The van der Waals surface area contributed by atoms with Crippen molar-refractivity contribution < 1.29 is 23.9 Å². The molecule has 0 aliphatic heterocycles. The number of allylic oxidation sites excluding steroid dienone is 2. The molecule has 0 spiro atoms. The molecule has 5 aliphatic rings. The van der Waals surface area contributed by atoms with Crippen LogP contribution >= 0.6 is 0 Å². The molecule has 244 valence electrons. The molecule has 1 N–H and O–H groups in total. The number of aliphatic carboxylic acids is 1. The van der Waals surface area contributed by atoms with Gasteiger partial charge in [-0.2, -0.15) is 0 Å². The monoisotopic (exact) mass is 614 g/mol. The van der Waals surface area contributed by atoms with Gasteiger partial charge in [-0.05, 0) is 129 Å². The number of carboxylic acids is 1. The maximum Gasteiger partial charge on any atom is 0.312 e. The summed E-state index contributed by atoms with van der Waals surface area (Å²) in [4.78, 5) is 27.0. The van der Waals surface area contributed by atoms with Crippen molar-refractivity contribution in [2.24, 2.45) is 56.7 Å².